The van der Waals surface area contributed by atoms with Gasteiger partial charge in [0.15, 0.2) is 0 Å². The van der Waals surface area contributed by atoms with Gasteiger partial charge in [-0.2, -0.15) is 0 Å². The van der Waals surface area contributed by atoms with Gasteiger partial charge in [-0.25, -0.2) is 0 Å². The Bertz CT molecular complexity index is 167. The van der Waals surface area contributed by atoms with Crippen molar-refractivity contribution in [2.75, 3.05) is 19.6 Å². The van der Waals surface area contributed by atoms with Crippen molar-refractivity contribution in [3.05, 3.63) is 0 Å². The number of hydrogen-bond acceptors (Lipinski definition) is 2. The van der Waals surface area contributed by atoms with Crippen LogP contribution in [0.1, 0.15) is 33.1 Å². The number of piperidine rings is 1. The summed E-state index contributed by atoms with van der Waals surface area (Å²) in [5.74, 6) is 1.05. The number of rotatable bonds is 4. The van der Waals surface area contributed by atoms with Gasteiger partial charge in [0.25, 0.3) is 0 Å². The average Bonchev–Trinajstić information content (AvgIpc) is 2.64. The summed E-state index contributed by atoms with van der Waals surface area (Å²) in [6.07, 6.45) is 4.45. The lowest BCUT2D eigenvalue weighted by atomic mass is 10.1. The first kappa shape index (κ1) is 9.47. The van der Waals surface area contributed by atoms with Crippen molar-refractivity contribution in [2.45, 2.75) is 45.2 Å². The van der Waals surface area contributed by atoms with E-state index < -0.39 is 0 Å². The second kappa shape index (κ2) is 3.97. The fraction of sp³-hybridized carbons (Fsp3) is 1.00. The van der Waals surface area contributed by atoms with E-state index in [1.807, 2.05) is 0 Å². The summed E-state index contributed by atoms with van der Waals surface area (Å²) in [5.41, 5.74) is 0. The van der Waals surface area contributed by atoms with Crippen molar-refractivity contribution in [1.29, 1.82) is 0 Å². The lowest BCUT2D eigenvalue weighted by Crippen LogP contribution is -2.39. The van der Waals surface area contributed by atoms with Gasteiger partial charge in [-0.3, -0.25) is 4.90 Å². The molecule has 0 radical (unpaired) electrons. The minimum absolute atomic E-state index is 0.639. The molecular formula is C11H22N2. The molecule has 0 aromatic carbocycles. The molecule has 2 bridgehead atoms. The van der Waals surface area contributed by atoms with Crippen LogP contribution < -0.4 is 5.32 Å². The molecule has 1 heterocycles. The Morgan fingerprint density at radius 1 is 1.38 bits per heavy atom. The van der Waals surface area contributed by atoms with Crippen molar-refractivity contribution in [3.63, 3.8) is 0 Å². The molecule has 1 saturated heterocycles. The maximum Gasteiger partial charge on any atom is 0.0110 e. The Morgan fingerprint density at radius 2 is 2.23 bits per heavy atom. The fourth-order valence-electron chi connectivity index (χ4n) is 2.80. The van der Waals surface area contributed by atoms with Crippen LogP contribution in [0.25, 0.3) is 0 Å². The third-order valence-corrected chi connectivity index (χ3v) is 3.47. The molecule has 0 aromatic heterocycles. The SMILES string of the molecule is CC(C)NCCN1CC2CCC1C2. The quantitative estimate of drug-likeness (QED) is 0.708. The van der Waals surface area contributed by atoms with Crippen LogP contribution in [0.2, 0.25) is 0 Å². The molecule has 2 nitrogen and oxygen atoms in total. The molecule has 0 spiro atoms. The lowest BCUT2D eigenvalue weighted by molar-refractivity contribution is 0.212. The van der Waals surface area contributed by atoms with Gasteiger partial charge >= 0.3 is 0 Å². The van der Waals surface area contributed by atoms with E-state index in [2.05, 4.69) is 24.1 Å². The second-order valence-electron chi connectivity index (χ2n) is 4.94. The Labute approximate surface area is 81.7 Å². The number of nitrogens with one attached hydrogen (secondary N) is 1. The van der Waals surface area contributed by atoms with Gasteiger partial charge in [-0.1, -0.05) is 13.8 Å². The van der Waals surface area contributed by atoms with Crippen LogP contribution in [-0.2, 0) is 0 Å². The summed E-state index contributed by atoms with van der Waals surface area (Å²) in [6, 6.07) is 1.58. The molecule has 1 saturated carbocycles. The zero-order valence-corrected chi connectivity index (χ0v) is 8.92. The first-order chi connectivity index (χ1) is 6.25. The largest absolute Gasteiger partial charge is 0.313 e. The standard InChI is InChI=1S/C11H22N2/c1-9(2)12-5-6-13-8-10-3-4-11(13)7-10/h9-12H,3-8H2,1-2H3. The maximum absolute atomic E-state index is 3.49. The van der Waals surface area contributed by atoms with E-state index in [0.29, 0.717) is 6.04 Å². The van der Waals surface area contributed by atoms with E-state index in [1.165, 1.54) is 38.9 Å². The van der Waals surface area contributed by atoms with Gasteiger partial charge < -0.3 is 5.32 Å². The number of hydrogen-bond donors (Lipinski definition) is 1. The first-order valence-electron chi connectivity index (χ1n) is 5.73. The van der Waals surface area contributed by atoms with Crippen molar-refractivity contribution < 1.29 is 0 Å². The molecular weight excluding hydrogens is 160 g/mol. The van der Waals surface area contributed by atoms with E-state index in [4.69, 9.17) is 0 Å². The van der Waals surface area contributed by atoms with Crippen molar-refractivity contribution in [3.8, 4) is 0 Å². The lowest BCUT2D eigenvalue weighted by Gasteiger charge is -2.27. The highest BCUT2D eigenvalue weighted by Crippen LogP contribution is 2.36. The highest BCUT2D eigenvalue weighted by molar-refractivity contribution is 4.92. The average molecular weight is 182 g/mol. The predicted octanol–water partition coefficient (Wildman–Crippen LogP) is 1.47. The molecule has 0 amide bonds. The monoisotopic (exact) mass is 182 g/mol. The zero-order valence-electron chi connectivity index (χ0n) is 8.92. The van der Waals surface area contributed by atoms with Crippen molar-refractivity contribution in [1.82, 2.24) is 10.2 Å². The van der Waals surface area contributed by atoms with Gasteiger partial charge in [0.2, 0.25) is 0 Å². The first-order valence-corrected chi connectivity index (χ1v) is 5.73. The Hall–Kier alpha value is -0.0800. The summed E-state index contributed by atoms with van der Waals surface area (Å²) in [5, 5.41) is 3.49. The van der Waals surface area contributed by atoms with Crippen LogP contribution in [0, 0.1) is 5.92 Å². The maximum atomic E-state index is 3.49. The molecule has 2 fully saturated rings. The molecule has 2 aliphatic rings. The summed E-state index contributed by atoms with van der Waals surface area (Å²) in [7, 11) is 0. The van der Waals surface area contributed by atoms with E-state index in [-0.39, 0.29) is 0 Å². The van der Waals surface area contributed by atoms with Crippen LogP contribution in [0.5, 0.6) is 0 Å². The Balaban J connectivity index is 1.66. The summed E-state index contributed by atoms with van der Waals surface area (Å²) >= 11 is 0. The molecule has 0 aromatic rings. The van der Waals surface area contributed by atoms with Gasteiger partial charge in [0.05, 0.1) is 0 Å². The van der Waals surface area contributed by atoms with Crippen molar-refractivity contribution >= 4 is 0 Å². The third kappa shape index (κ3) is 2.23. The molecule has 2 heteroatoms. The molecule has 2 rings (SSSR count). The minimum atomic E-state index is 0.639. The summed E-state index contributed by atoms with van der Waals surface area (Å²) in [6.45, 7) is 8.25. The molecule has 76 valence electrons. The Morgan fingerprint density at radius 3 is 2.77 bits per heavy atom. The molecule has 2 atom stereocenters. The minimum Gasteiger partial charge on any atom is -0.313 e. The van der Waals surface area contributed by atoms with Gasteiger partial charge in [0.1, 0.15) is 0 Å². The Kier molecular flexibility index (Phi) is 2.89. The molecule has 1 N–H and O–H groups in total. The zero-order chi connectivity index (χ0) is 9.26. The van der Waals surface area contributed by atoms with Gasteiger partial charge in [-0.15, -0.1) is 0 Å². The summed E-state index contributed by atoms with van der Waals surface area (Å²) in [4.78, 5) is 2.68. The predicted molar refractivity (Wildman–Crippen MR) is 55.8 cm³/mol. The van der Waals surface area contributed by atoms with Crippen molar-refractivity contribution in [2.24, 2.45) is 5.92 Å². The van der Waals surface area contributed by atoms with E-state index in [1.54, 1.807) is 0 Å². The summed E-state index contributed by atoms with van der Waals surface area (Å²) < 4.78 is 0. The van der Waals surface area contributed by atoms with E-state index in [0.717, 1.165) is 12.0 Å². The molecule has 1 aliphatic carbocycles. The number of fused-ring (bicyclic) bond motifs is 2. The second-order valence-corrected chi connectivity index (χ2v) is 4.94. The van der Waals surface area contributed by atoms with Gasteiger partial charge in [-0.05, 0) is 25.2 Å². The van der Waals surface area contributed by atoms with Gasteiger partial charge in [0, 0.05) is 31.7 Å². The highest BCUT2D eigenvalue weighted by atomic mass is 15.2. The van der Waals surface area contributed by atoms with Crippen LogP contribution in [0.3, 0.4) is 0 Å². The third-order valence-electron chi connectivity index (χ3n) is 3.47. The van der Waals surface area contributed by atoms with E-state index in [9.17, 15) is 0 Å². The molecule has 1 aliphatic heterocycles. The number of likely N-dealkylation sites (tertiary alicyclic amines) is 1. The topological polar surface area (TPSA) is 15.3 Å². The van der Waals surface area contributed by atoms with E-state index >= 15 is 0 Å². The van der Waals surface area contributed by atoms with Crippen LogP contribution in [0.15, 0.2) is 0 Å². The highest BCUT2D eigenvalue weighted by Gasteiger charge is 2.36. The smallest absolute Gasteiger partial charge is 0.0110 e. The fourth-order valence-corrected chi connectivity index (χ4v) is 2.80. The normalized spacial score (nSPS) is 33.5. The molecule has 2 unspecified atom stereocenters. The molecule has 13 heavy (non-hydrogen) atoms. The van der Waals surface area contributed by atoms with Crippen LogP contribution in [0.4, 0.5) is 0 Å². The number of nitrogens with zero attached hydrogens (tertiary/aromatic N) is 1. The van der Waals surface area contributed by atoms with Crippen LogP contribution in [-0.4, -0.2) is 36.6 Å². The van der Waals surface area contributed by atoms with Crippen LogP contribution >= 0.6 is 0 Å².